The number of aliphatic hydroxyl groups excluding tert-OH is 1. The van der Waals surface area contributed by atoms with Gasteiger partial charge in [-0.15, -0.1) is 0 Å². The number of hydrogen-bond acceptors (Lipinski definition) is 4. The van der Waals surface area contributed by atoms with E-state index in [0.717, 1.165) is 12.8 Å². The van der Waals surface area contributed by atoms with Crippen molar-refractivity contribution < 1.29 is 14.6 Å². The van der Waals surface area contributed by atoms with Crippen LogP contribution >= 0.6 is 0 Å². The predicted molar refractivity (Wildman–Crippen MR) is 47.4 cm³/mol. The van der Waals surface area contributed by atoms with Crippen molar-refractivity contribution in [2.24, 2.45) is 0 Å². The molecule has 4 nitrogen and oxygen atoms in total. The minimum absolute atomic E-state index is 0.115. The molecule has 13 heavy (non-hydrogen) atoms. The number of rotatable bonds is 5. The normalized spacial score (nSPS) is 42.0. The summed E-state index contributed by atoms with van der Waals surface area (Å²) < 4.78 is 10.2. The number of hydrogen-bond donors (Lipinski definition) is 1. The highest BCUT2D eigenvalue weighted by molar-refractivity contribution is 5.10. The highest BCUT2D eigenvalue weighted by Gasteiger charge is 2.55. The molecule has 1 saturated carbocycles. The molecule has 1 unspecified atom stereocenters. The minimum Gasteiger partial charge on any atom is -0.391 e. The molecule has 76 valence electrons. The van der Waals surface area contributed by atoms with Crippen LogP contribution in [0.4, 0.5) is 0 Å². The number of aliphatic hydroxyl groups is 1. The van der Waals surface area contributed by atoms with E-state index in [0.29, 0.717) is 32.0 Å². The van der Waals surface area contributed by atoms with Gasteiger partial charge >= 0.3 is 0 Å². The number of methoxy groups -OCH3 is 1. The van der Waals surface area contributed by atoms with Gasteiger partial charge in [0.05, 0.1) is 32.1 Å². The molecule has 1 aliphatic carbocycles. The lowest BCUT2D eigenvalue weighted by atomic mass is 10.3. The molecular formula is C9H17NO3. The van der Waals surface area contributed by atoms with Crippen LogP contribution < -0.4 is 0 Å². The molecule has 2 rings (SSSR count). The first kappa shape index (κ1) is 9.40. The molecule has 2 aliphatic rings. The van der Waals surface area contributed by atoms with Gasteiger partial charge in [-0.2, -0.15) is 0 Å². The van der Waals surface area contributed by atoms with Gasteiger partial charge in [-0.25, -0.2) is 0 Å². The van der Waals surface area contributed by atoms with Gasteiger partial charge in [0, 0.05) is 13.2 Å². The van der Waals surface area contributed by atoms with E-state index in [1.165, 1.54) is 0 Å². The van der Waals surface area contributed by atoms with Crippen molar-refractivity contribution >= 4 is 0 Å². The zero-order valence-electron chi connectivity index (χ0n) is 7.98. The second-order valence-electron chi connectivity index (χ2n) is 3.75. The number of fused-ring (bicyclic) bond motifs is 1. The van der Waals surface area contributed by atoms with Crippen LogP contribution in [-0.4, -0.2) is 55.2 Å². The van der Waals surface area contributed by atoms with Crippen molar-refractivity contribution in [1.82, 2.24) is 4.90 Å². The van der Waals surface area contributed by atoms with E-state index >= 15 is 0 Å². The molecule has 1 heterocycles. The molecule has 0 radical (unpaired) electrons. The summed E-state index contributed by atoms with van der Waals surface area (Å²) in [6.45, 7) is 1.93. The average molecular weight is 187 g/mol. The molecule has 1 saturated heterocycles. The Morgan fingerprint density at radius 2 is 2.23 bits per heavy atom. The van der Waals surface area contributed by atoms with E-state index in [9.17, 15) is 5.11 Å². The van der Waals surface area contributed by atoms with Gasteiger partial charge < -0.3 is 14.6 Å². The highest BCUT2D eigenvalue weighted by atomic mass is 16.5. The zero-order valence-corrected chi connectivity index (χ0v) is 7.98. The summed E-state index contributed by atoms with van der Waals surface area (Å²) in [7, 11) is 1.67. The van der Waals surface area contributed by atoms with Crippen molar-refractivity contribution in [3.63, 3.8) is 0 Å². The third kappa shape index (κ3) is 1.86. The predicted octanol–water partition coefficient (Wildman–Crippen LogP) is -0.186. The molecular weight excluding hydrogens is 170 g/mol. The molecule has 1 N–H and O–H groups in total. The van der Waals surface area contributed by atoms with E-state index in [1.807, 2.05) is 0 Å². The summed E-state index contributed by atoms with van der Waals surface area (Å²) in [5, 5.41) is 9.49. The van der Waals surface area contributed by atoms with Gasteiger partial charge in [0.2, 0.25) is 0 Å². The molecule has 0 aromatic rings. The lowest BCUT2D eigenvalue weighted by molar-refractivity contribution is 0.0215. The largest absolute Gasteiger partial charge is 0.391 e. The number of piperidine rings is 1. The third-order valence-corrected chi connectivity index (χ3v) is 2.94. The topological polar surface area (TPSA) is 41.7 Å². The zero-order chi connectivity index (χ0) is 9.26. The van der Waals surface area contributed by atoms with E-state index in [4.69, 9.17) is 9.47 Å². The van der Waals surface area contributed by atoms with Crippen LogP contribution in [0.3, 0.4) is 0 Å². The summed E-state index contributed by atoms with van der Waals surface area (Å²) in [5.41, 5.74) is 0. The Morgan fingerprint density at radius 1 is 1.38 bits per heavy atom. The first-order chi connectivity index (χ1) is 6.34. The lowest BCUT2D eigenvalue weighted by Gasteiger charge is -2.10. The van der Waals surface area contributed by atoms with Crippen LogP contribution in [0.2, 0.25) is 0 Å². The van der Waals surface area contributed by atoms with Crippen molar-refractivity contribution in [3.05, 3.63) is 0 Å². The fraction of sp³-hybridized carbons (Fsp3) is 1.00. The van der Waals surface area contributed by atoms with Crippen molar-refractivity contribution in [1.29, 1.82) is 0 Å². The van der Waals surface area contributed by atoms with Gasteiger partial charge in [-0.05, 0) is 12.8 Å². The molecule has 1 aliphatic heterocycles. The van der Waals surface area contributed by atoms with Crippen LogP contribution in [0.5, 0.6) is 0 Å². The molecule has 0 bridgehead atoms. The molecule has 2 fully saturated rings. The van der Waals surface area contributed by atoms with E-state index in [2.05, 4.69) is 4.90 Å². The molecule has 0 aromatic carbocycles. The maximum absolute atomic E-state index is 9.49. The Hall–Kier alpha value is -0.160. The van der Waals surface area contributed by atoms with Gasteiger partial charge in [0.1, 0.15) is 0 Å². The molecule has 0 amide bonds. The standard InChI is InChI=1S/C9H17NO3/c1-12-4-5-13-6-10-7-2-3-8(11)9(7)10/h7-9,11H,2-6H2,1H3/t7-,8-,9-,10?/m1/s1. The highest BCUT2D eigenvalue weighted by Crippen LogP contribution is 2.41. The summed E-state index contributed by atoms with van der Waals surface area (Å²) in [5.74, 6) is 0. The maximum Gasteiger partial charge on any atom is 0.0998 e. The summed E-state index contributed by atoms with van der Waals surface area (Å²) in [6, 6.07) is 0.986. The van der Waals surface area contributed by atoms with Crippen molar-refractivity contribution in [2.75, 3.05) is 27.1 Å². The Balaban J connectivity index is 1.59. The average Bonchev–Trinajstić information content (AvgIpc) is 2.69. The van der Waals surface area contributed by atoms with Crippen LogP contribution in [0.15, 0.2) is 0 Å². The monoisotopic (exact) mass is 187 g/mol. The second-order valence-corrected chi connectivity index (χ2v) is 3.75. The fourth-order valence-corrected chi connectivity index (χ4v) is 2.17. The van der Waals surface area contributed by atoms with E-state index < -0.39 is 0 Å². The van der Waals surface area contributed by atoms with Crippen LogP contribution in [0.25, 0.3) is 0 Å². The number of likely N-dealkylation sites (tertiary alicyclic amines) is 1. The number of ether oxygens (including phenoxy) is 2. The van der Waals surface area contributed by atoms with Crippen molar-refractivity contribution in [2.45, 2.75) is 31.0 Å². The fourth-order valence-electron chi connectivity index (χ4n) is 2.17. The SMILES string of the molecule is COCCOCN1[C@H]2[C@H](O)CC[C@H]21. The Kier molecular flexibility index (Phi) is 2.83. The second kappa shape index (κ2) is 3.92. The Morgan fingerprint density at radius 3 is 2.85 bits per heavy atom. The van der Waals surface area contributed by atoms with Crippen LogP contribution in [0.1, 0.15) is 12.8 Å². The summed E-state index contributed by atoms with van der Waals surface area (Å²) >= 11 is 0. The third-order valence-electron chi connectivity index (χ3n) is 2.94. The van der Waals surface area contributed by atoms with Crippen molar-refractivity contribution in [3.8, 4) is 0 Å². The quantitative estimate of drug-likeness (QED) is 0.478. The molecule has 4 heteroatoms. The molecule has 0 aromatic heterocycles. The van der Waals surface area contributed by atoms with Gasteiger partial charge in [0.25, 0.3) is 0 Å². The lowest BCUT2D eigenvalue weighted by Crippen LogP contribution is -2.20. The smallest absolute Gasteiger partial charge is 0.0998 e. The first-order valence-electron chi connectivity index (χ1n) is 4.85. The van der Waals surface area contributed by atoms with Crippen LogP contribution in [0, 0.1) is 0 Å². The van der Waals surface area contributed by atoms with E-state index in [1.54, 1.807) is 7.11 Å². The number of nitrogens with zero attached hydrogens (tertiary/aromatic N) is 1. The minimum atomic E-state index is -0.115. The van der Waals surface area contributed by atoms with E-state index in [-0.39, 0.29) is 6.10 Å². The van der Waals surface area contributed by atoms with Crippen LogP contribution in [-0.2, 0) is 9.47 Å². The Bertz CT molecular complexity index is 176. The first-order valence-corrected chi connectivity index (χ1v) is 4.85. The molecule has 0 spiro atoms. The van der Waals surface area contributed by atoms with Gasteiger partial charge in [0.15, 0.2) is 0 Å². The van der Waals surface area contributed by atoms with Gasteiger partial charge in [-0.3, -0.25) is 4.90 Å². The maximum atomic E-state index is 9.49. The van der Waals surface area contributed by atoms with Gasteiger partial charge in [-0.1, -0.05) is 0 Å². The molecule has 4 atom stereocenters. The Labute approximate surface area is 78.4 Å². The summed E-state index contributed by atoms with van der Waals surface area (Å²) in [4.78, 5) is 2.21. The summed E-state index contributed by atoms with van der Waals surface area (Å²) in [6.07, 6.45) is 1.97.